The van der Waals surface area contributed by atoms with Crippen molar-refractivity contribution in [1.29, 1.82) is 0 Å². The number of carbonyl (C=O) groups excluding carboxylic acids is 2. The van der Waals surface area contributed by atoms with Gasteiger partial charge in [-0.25, -0.2) is 9.78 Å². The highest BCUT2D eigenvalue weighted by Gasteiger charge is 2.31. The van der Waals surface area contributed by atoms with Crippen molar-refractivity contribution in [2.24, 2.45) is 0 Å². The molecular weight excluding hydrogens is 576 g/mol. The average Bonchev–Trinajstić information content (AvgIpc) is 3.36. The third kappa shape index (κ3) is 7.90. The van der Waals surface area contributed by atoms with Gasteiger partial charge in [0, 0.05) is 51.7 Å². The highest BCUT2D eigenvalue weighted by molar-refractivity contribution is 6.35. The Kier molecular flexibility index (Phi) is 10.1. The zero-order valence-electron chi connectivity index (χ0n) is 26.1. The van der Waals surface area contributed by atoms with E-state index in [-0.39, 0.29) is 18.2 Å². The molecule has 234 valence electrons. The molecule has 0 bridgehead atoms. The Labute approximate surface area is 264 Å². The van der Waals surface area contributed by atoms with E-state index in [1.807, 2.05) is 56.0 Å². The number of piperidine rings is 1. The number of nitrogens with zero attached hydrogens (tertiary/aromatic N) is 3. The molecule has 1 saturated heterocycles. The van der Waals surface area contributed by atoms with E-state index in [1.165, 1.54) is 0 Å². The second kappa shape index (κ2) is 14.0. The molecule has 3 aromatic carbocycles. The van der Waals surface area contributed by atoms with E-state index in [2.05, 4.69) is 40.2 Å². The van der Waals surface area contributed by atoms with Gasteiger partial charge in [-0.15, -0.1) is 0 Å². The second-order valence-corrected chi connectivity index (χ2v) is 13.1. The van der Waals surface area contributed by atoms with Crippen LogP contribution < -0.4 is 5.32 Å². The van der Waals surface area contributed by atoms with Crippen molar-refractivity contribution in [3.63, 3.8) is 0 Å². The van der Waals surface area contributed by atoms with Gasteiger partial charge in [0.1, 0.15) is 11.4 Å². The third-order valence-corrected chi connectivity index (χ3v) is 8.36. The van der Waals surface area contributed by atoms with Crippen molar-refractivity contribution in [2.75, 3.05) is 26.8 Å². The van der Waals surface area contributed by atoms with Gasteiger partial charge < -0.3 is 24.3 Å². The van der Waals surface area contributed by atoms with Crippen LogP contribution >= 0.6 is 11.6 Å². The lowest BCUT2D eigenvalue weighted by atomic mass is 9.95. The van der Waals surface area contributed by atoms with Gasteiger partial charge in [-0.2, -0.15) is 0 Å². The molecule has 0 saturated carbocycles. The van der Waals surface area contributed by atoms with Crippen LogP contribution in [0.15, 0.2) is 60.7 Å². The van der Waals surface area contributed by atoms with Gasteiger partial charge in [0.15, 0.2) is 0 Å². The maximum atomic E-state index is 13.8. The minimum absolute atomic E-state index is 0.0108. The normalized spacial score (nSPS) is 16.3. The van der Waals surface area contributed by atoms with Gasteiger partial charge in [-0.3, -0.25) is 4.79 Å². The van der Waals surface area contributed by atoms with Crippen molar-refractivity contribution in [3.8, 4) is 0 Å². The maximum Gasteiger partial charge on any atom is 0.407 e. The van der Waals surface area contributed by atoms with Crippen LogP contribution in [0.1, 0.15) is 63.8 Å². The molecule has 9 heteroatoms. The standard InChI is InChI=1S/C35H43ClN4O4/c1-35(2,3)44-34(42)37-28(21-24-15-16-25-10-5-6-11-26(25)20-24)22-31(41)39-17-8-12-27(23-39)33-38-30-14-7-13-29(36)32(30)40(33)18-9-19-43-4/h5-7,10-11,13-16,20,27-28H,8-9,12,17-19,21-23H2,1-4H3,(H,37,42). The first-order valence-electron chi connectivity index (χ1n) is 15.5. The zero-order chi connectivity index (χ0) is 31.3. The van der Waals surface area contributed by atoms with Crippen LogP contribution in [0.25, 0.3) is 21.8 Å². The van der Waals surface area contributed by atoms with Crippen molar-refractivity contribution < 1.29 is 19.1 Å². The molecule has 2 heterocycles. The first-order valence-corrected chi connectivity index (χ1v) is 15.9. The van der Waals surface area contributed by atoms with Crippen LogP contribution in [0.3, 0.4) is 0 Å². The number of imidazole rings is 1. The van der Waals surface area contributed by atoms with Crippen LogP contribution in [0.5, 0.6) is 0 Å². The number of methoxy groups -OCH3 is 1. The molecule has 0 radical (unpaired) electrons. The molecule has 1 N–H and O–H groups in total. The monoisotopic (exact) mass is 618 g/mol. The minimum atomic E-state index is -0.640. The number of carbonyl (C=O) groups is 2. The average molecular weight is 619 g/mol. The molecule has 2 amide bonds. The number of hydrogen-bond donors (Lipinski definition) is 1. The largest absolute Gasteiger partial charge is 0.444 e. The molecule has 44 heavy (non-hydrogen) atoms. The molecule has 2 unspecified atom stereocenters. The van der Waals surface area contributed by atoms with E-state index in [9.17, 15) is 9.59 Å². The van der Waals surface area contributed by atoms with Gasteiger partial charge in [0.05, 0.1) is 16.1 Å². The predicted octanol–water partition coefficient (Wildman–Crippen LogP) is 7.11. The highest BCUT2D eigenvalue weighted by atomic mass is 35.5. The predicted molar refractivity (Wildman–Crippen MR) is 175 cm³/mol. The molecule has 1 aromatic heterocycles. The zero-order valence-corrected chi connectivity index (χ0v) is 26.9. The summed E-state index contributed by atoms with van der Waals surface area (Å²) >= 11 is 6.64. The topological polar surface area (TPSA) is 85.7 Å². The summed E-state index contributed by atoms with van der Waals surface area (Å²) in [5, 5.41) is 5.94. The Morgan fingerprint density at radius 1 is 1.09 bits per heavy atom. The molecular formula is C35H43ClN4O4. The summed E-state index contributed by atoms with van der Waals surface area (Å²) in [6.07, 6.45) is 2.82. The number of para-hydroxylation sites is 1. The van der Waals surface area contributed by atoms with Crippen LogP contribution in [0, 0.1) is 0 Å². The van der Waals surface area contributed by atoms with Crippen LogP contribution in [-0.2, 0) is 27.2 Å². The van der Waals surface area contributed by atoms with Gasteiger partial charge in [-0.1, -0.05) is 60.1 Å². The number of fused-ring (bicyclic) bond motifs is 2. The molecule has 5 rings (SSSR count). The fraction of sp³-hybridized carbons (Fsp3) is 0.457. The van der Waals surface area contributed by atoms with E-state index in [4.69, 9.17) is 26.1 Å². The summed E-state index contributed by atoms with van der Waals surface area (Å²) in [5.74, 6) is 1.05. The van der Waals surface area contributed by atoms with E-state index in [0.29, 0.717) is 31.1 Å². The van der Waals surface area contributed by atoms with Gasteiger partial charge >= 0.3 is 6.09 Å². The number of halogens is 1. The number of amides is 2. The quantitative estimate of drug-likeness (QED) is 0.191. The summed E-state index contributed by atoms with van der Waals surface area (Å²) in [6.45, 7) is 8.12. The first kappa shape index (κ1) is 31.8. The van der Waals surface area contributed by atoms with Crippen LogP contribution in [0.4, 0.5) is 4.79 Å². The maximum absolute atomic E-state index is 13.8. The van der Waals surface area contributed by atoms with Crippen molar-refractivity contribution in [1.82, 2.24) is 19.8 Å². The van der Waals surface area contributed by atoms with E-state index < -0.39 is 17.7 Å². The Morgan fingerprint density at radius 3 is 2.66 bits per heavy atom. The van der Waals surface area contributed by atoms with E-state index >= 15 is 0 Å². The summed E-state index contributed by atoms with van der Waals surface area (Å²) in [7, 11) is 1.70. The summed E-state index contributed by atoms with van der Waals surface area (Å²) in [4.78, 5) is 33.6. The fourth-order valence-corrected chi connectivity index (χ4v) is 6.39. The lowest BCUT2D eigenvalue weighted by Crippen LogP contribution is -2.46. The number of likely N-dealkylation sites (tertiary alicyclic amines) is 1. The Balaban J connectivity index is 1.34. The van der Waals surface area contributed by atoms with Gasteiger partial charge in [0.2, 0.25) is 5.91 Å². The summed E-state index contributed by atoms with van der Waals surface area (Å²) in [6, 6.07) is 19.8. The van der Waals surface area contributed by atoms with Gasteiger partial charge in [-0.05, 0) is 74.9 Å². The summed E-state index contributed by atoms with van der Waals surface area (Å²) in [5.41, 5.74) is 2.21. The third-order valence-electron chi connectivity index (χ3n) is 8.05. The first-order chi connectivity index (χ1) is 21.1. The number of aryl methyl sites for hydroxylation is 1. The molecule has 1 aliphatic heterocycles. The van der Waals surface area contributed by atoms with Crippen molar-refractivity contribution >= 4 is 45.4 Å². The SMILES string of the molecule is COCCCn1c(C2CCCN(C(=O)CC(Cc3ccc4ccccc4c3)NC(=O)OC(C)(C)C)C2)nc2cccc(Cl)c21. The lowest BCUT2D eigenvalue weighted by molar-refractivity contribution is -0.132. The van der Waals surface area contributed by atoms with E-state index in [1.54, 1.807) is 7.11 Å². The lowest BCUT2D eigenvalue weighted by Gasteiger charge is -2.34. The van der Waals surface area contributed by atoms with E-state index in [0.717, 1.165) is 59.0 Å². The number of aromatic nitrogens is 2. The number of hydrogen-bond acceptors (Lipinski definition) is 5. The molecule has 4 aromatic rings. The summed E-state index contributed by atoms with van der Waals surface area (Å²) < 4.78 is 13.1. The minimum Gasteiger partial charge on any atom is -0.444 e. The second-order valence-electron chi connectivity index (χ2n) is 12.7. The molecule has 0 aliphatic carbocycles. The molecule has 1 fully saturated rings. The number of ether oxygens (including phenoxy) is 2. The number of benzene rings is 3. The molecule has 1 aliphatic rings. The fourth-order valence-electron chi connectivity index (χ4n) is 6.12. The Bertz CT molecular complexity index is 1610. The molecule has 2 atom stereocenters. The van der Waals surface area contributed by atoms with Crippen molar-refractivity contribution in [3.05, 3.63) is 77.1 Å². The number of rotatable bonds is 10. The molecule has 0 spiro atoms. The van der Waals surface area contributed by atoms with Gasteiger partial charge in [0.25, 0.3) is 0 Å². The Morgan fingerprint density at radius 2 is 1.89 bits per heavy atom. The van der Waals surface area contributed by atoms with Crippen LogP contribution in [-0.4, -0.2) is 64.9 Å². The number of nitrogens with one attached hydrogen (secondary N) is 1. The highest BCUT2D eigenvalue weighted by Crippen LogP contribution is 2.33. The van der Waals surface area contributed by atoms with Crippen LogP contribution in [0.2, 0.25) is 5.02 Å². The number of alkyl carbamates (subject to hydrolysis) is 1. The molecule has 8 nitrogen and oxygen atoms in total. The van der Waals surface area contributed by atoms with Crippen molar-refractivity contribution in [2.45, 2.75) is 77.0 Å². The smallest absolute Gasteiger partial charge is 0.407 e. The Hall–Kier alpha value is -3.62.